The van der Waals surface area contributed by atoms with Gasteiger partial charge in [-0.2, -0.15) is 19.6 Å². The number of primary amides is 1. The Hall–Kier alpha value is -1.89. The van der Waals surface area contributed by atoms with E-state index in [9.17, 15) is 4.79 Å². The number of aromatic nitrogens is 4. The van der Waals surface area contributed by atoms with Gasteiger partial charge in [0.05, 0.1) is 0 Å². The van der Waals surface area contributed by atoms with Crippen LogP contribution in [0.2, 0.25) is 5.15 Å². The molecule has 0 atom stereocenters. The SMILES string of the molecule is NC(=O)C1CCN(c2cc(Cl)nc3ncnn23)CC1. The van der Waals surface area contributed by atoms with E-state index in [1.807, 2.05) is 0 Å². The first-order chi connectivity index (χ1) is 9.15. The summed E-state index contributed by atoms with van der Waals surface area (Å²) in [6.07, 6.45) is 2.93. The zero-order valence-corrected chi connectivity index (χ0v) is 10.9. The Balaban J connectivity index is 1.89. The molecule has 3 heterocycles. The number of hydrogen-bond acceptors (Lipinski definition) is 5. The van der Waals surface area contributed by atoms with Crippen LogP contribution in [-0.4, -0.2) is 38.6 Å². The minimum atomic E-state index is -0.224. The van der Waals surface area contributed by atoms with E-state index in [0.29, 0.717) is 10.9 Å². The van der Waals surface area contributed by atoms with Crippen molar-refractivity contribution in [3.05, 3.63) is 17.5 Å². The maximum Gasteiger partial charge on any atom is 0.255 e. The Kier molecular flexibility index (Phi) is 2.98. The lowest BCUT2D eigenvalue weighted by molar-refractivity contribution is -0.122. The van der Waals surface area contributed by atoms with Crippen LogP contribution in [0.25, 0.3) is 5.78 Å². The second kappa shape index (κ2) is 4.65. The molecule has 1 saturated heterocycles. The Morgan fingerprint density at radius 1 is 1.42 bits per heavy atom. The molecule has 2 N–H and O–H groups in total. The largest absolute Gasteiger partial charge is 0.369 e. The standard InChI is InChI=1S/C11H13ClN6O/c12-8-5-9(18-11(16-8)14-6-15-18)17-3-1-7(2-4-17)10(13)19/h5-7H,1-4H2,(H2,13,19). The lowest BCUT2D eigenvalue weighted by Gasteiger charge is -2.32. The van der Waals surface area contributed by atoms with Gasteiger partial charge in [0.1, 0.15) is 17.3 Å². The zero-order valence-electron chi connectivity index (χ0n) is 10.2. The molecule has 1 fully saturated rings. The molecule has 7 nitrogen and oxygen atoms in total. The molecule has 1 amide bonds. The zero-order chi connectivity index (χ0) is 13.4. The summed E-state index contributed by atoms with van der Waals surface area (Å²) in [5, 5.41) is 4.52. The van der Waals surface area contributed by atoms with Crippen LogP contribution in [0.5, 0.6) is 0 Å². The van der Waals surface area contributed by atoms with Crippen LogP contribution >= 0.6 is 11.6 Å². The average molecular weight is 281 g/mol. The Morgan fingerprint density at radius 3 is 2.84 bits per heavy atom. The minimum absolute atomic E-state index is 0.0419. The van der Waals surface area contributed by atoms with Crippen molar-refractivity contribution in [3.8, 4) is 0 Å². The highest BCUT2D eigenvalue weighted by atomic mass is 35.5. The highest BCUT2D eigenvalue weighted by Crippen LogP contribution is 2.24. The van der Waals surface area contributed by atoms with Crippen molar-refractivity contribution < 1.29 is 4.79 Å². The normalized spacial score (nSPS) is 17.0. The molecule has 2 aromatic rings. The number of amides is 1. The number of nitrogens with two attached hydrogens (primary N) is 1. The van der Waals surface area contributed by atoms with E-state index in [1.54, 1.807) is 10.6 Å². The molecular weight excluding hydrogens is 268 g/mol. The fourth-order valence-corrected chi connectivity index (χ4v) is 2.56. The van der Waals surface area contributed by atoms with Crippen LogP contribution in [-0.2, 0) is 4.79 Å². The quantitative estimate of drug-likeness (QED) is 0.808. The number of carbonyl (C=O) groups excluding carboxylic acids is 1. The van der Waals surface area contributed by atoms with Gasteiger partial charge in [-0.25, -0.2) is 0 Å². The molecule has 19 heavy (non-hydrogen) atoms. The summed E-state index contributed by atoms with van der Waals surface area (Å²) >= 11 is 5.99. The summed E-state index contributed by atoms with van der Waals surface area (Å²) in [7, 11) is 0. The maximum atomic E-state index is 11.2. The molecule has 0 saturated carbocycles. The molecule has 0 bridgehead atoms. The van der Waals surface area contributed by atoms with Gasteiger partial charge in [-0.15, -0.1) is 0 Å². The van der Waals surface area contributed by atoms with Crippen LogP contribution in [0.1, 0.15) is 12.8 Å². The molecule has 0 unspecified atom stereocenters. The van der Waals surface area contributed by atoms with Gasteiger partial charge in [0.15, 0.2) is 0 Å². The van der Waals surface area contributed by atoms with Gasteiger partial charge < -0.3 is 10.6 Å². The highest BCUT2D eigenvalue weighted by Gasteiger charge is 2.25. The fourth-order valence-electron chi connectivity index (χ4n) is 2.39. The molecule has 1 aliphatic rings. The third-order valence-corrected chi connectivity index (χ3v) is 3.62. The van der Waals surface area contributed by atoms with Crippen molar-refractivity contribution in [2.24, 2.45) is 11.7 Å². The maximum absolute atomic E-state index is 11.2. The van der Waals surface area contributed by atoms with E-state index < -0.39 is 0 Å². The molecule has 0 aromatic carbocycles. The summed E-state index contributed by atoms with van der Waals surface area (Å²) < 4.78 is 1.65. The minimum Gasteiger partial charge on any atom is -0.369 e. The van der Waals surface area contributed by atoms with E-state index in [0.717, 1.165) is 31.7 Å². The van der Waals surface area contributed by atoms with Gasteiger partial charge in [0.25, 0.3) is 5.78 Å². The smallest absolute Gasteiger partial charge is 0.255 e. The van der Waals surface area contributed by atoms with Crippen molar-refractivity contribution in [1.29, 1.82) is 0 Å². The third-order valence-electron chi connectivity index (χ3n) is 3.42. The average Bonchev–Trinajstić information content (AvgIpc) is 2.85. The summed E-state index contributed by atoms with van der Waals surface area (Å²) in [5.74, 6) is 1.05. The molecule has 0 radical (unpaired) electrons. The van der Waals surface area contributed by atoms with Crippen LogP contribution in [0.3, 0.4) is 0 Å². The number of halogens is 1. The number of nitrogens with zero attached hydrogens (tertiary/aromatic N) is 5. The third kappa shape index (κ3) is 2.21. The molecular formula is C11H13ClN6O. The van der Waals surface area contributed by atoms with Crippen LogP contribution < -0.4 is 10.6 Å². The number of rotatable bonds is 2. The number of carbonyl (C=O) groups is 1. The predicted molar refractivity (Wildman–Crippen MR) is 69.9 cm³/mol. The van der Waals surface area contributed by atoms with Crippen LogP contribution in [0.15, 0.2) is 12.4 Å². The number of piperidine rings is 1. The second-order valence-corrected chi connectivity index (χ2v) is 4.96. The van der Waals surface area contributed by atoms with Gasteiger partial charge in [0, 0.05) is 25.1 Å². The monoisotopic (exact) mass is 280 g/mol. The van der Waals surface area contributed by atoms with Crippen molar-refractivity contribution in [1.82, 2.24) is 19.6 Å². The van der Waals surface area contributed by atoms with Gasteiger partial charge in [-0.1, -0.05) is 11.6 Å². The first-order valence-corrected chi connectivity index (χ1v) is 6.43. The van der Waals surface area contributed by atoms with Gasteiger partial charge in [-0.05, 0) is 12.8 Å². The van der Waals surface area contributed by atoms with Crippen LogP contribution in [0, 0.1) is 5.92 Å². The summed E-state index contributed by atoms with van der Waals surface area (Å²) in [4.78, 5) is 21.4. The number of hydrogen-bond donors (Lipinski definition) is 1. The Labute approximate surface area is 114 Å². The van der Waals surface area contributed by atoms with Gasteiger partial charge in [-0.3, -0.25) is 4.79 Å². The lowest BCUT2D eigenvalue weighted by Crippen LogP contribution is -2.39. The molecule has 3 rings (SSSR count). The van der Waals surface area contributed by atoms with Gasteiger partial charge >= 0.3 is 0 Å². The predicted octanol–water partition coefficient (Wildman–Crippen LogP) is 0.479. The topological polar surface area (TPSA) is 89.4 Å². The van der Waals surface area contributed by atoms with Crippen molar-refractivity contribution in [2.45, 2.75) is 12.8 Å². The summed E-state index contributed by atoms with van der Waals surface area (Å²) in [5.41, 5.74) is 5.33. The van der Waals surface area contributed by atoms with E-state index in [-0.39, 0.29) is 11.8 Å². The van der Waals surface area contributed by atoms with Crippen molar-refractivity contribution in [3.63, 3.8) is 0 Å². The van der Waals surface area contributed by atoms with E-state index >= 15 is 0 Å². The fraction of sp³-hybridized carbons (Fsp3) is 0.455. The van der Waals surface area contributed by atoms with E-state index in [4.69, 9.17) is 17.3 Å². The van der Waals surface area contributed by atoms with Gasteiger partial charge in [0.2, 0.25) is 5.91 Å². The lowest BCUT2D eigenvalue weighted by atomic mass is 9.96. The van der Waals surface area contributed by atoms with E-state index in [1.165, 1.54) is 6.33 Å². The first-order valence-electron chi connectivity index (χ1n) is 6.05. The number of anilines is 1. The molecule has 8 heteroatoms. The van der Waals surface area contributed by atoms with Crippen molar-refractivity contribution in [2.75, 3.05) is 18.0 Å². The molecule has 1 aliphatic heterocycles. The van der Waals surface area contributed by atoms with Crippen molar-refractivity contribution >= 4 is 29.1 Å². The summed E-state index contributed by atoms with van der Waals surface area (Å²) in [6.45, 7) is 1.48. The Morgan fingerprint density at radius 2 is 2.16 bits per heavy atom. The summed E-state index contributed by atoms with van der Waals surface area (Å²) in [6, 6.07) is 1.76. The second-order valence-electron chi connectivity index (χ2n) is 4.57. The number of fused-ring (bicyclic) bond motifs is 1. The molecule has 0 spiro atoms. The van der Waals surface area contributed by atoms with Crippen LogP contribution in [0.4, 0.5) is 5.82 Å². The Bertz CT molecular complexity index is 619. The molecule has 2 aromatic heterocycles. The van der Waals surface area contributed by atoms with E-state index in [2.05, 4.69) is 20.0 Å². The highest BCUT2D eigenvalue weighted by molar-refractivity contribution is 6.29. The molecule has 100 valence electrons. The molecule has 0 aliphatic carbocycles. The first kappa shape index (κ1) is 12.2.